The molecule has 1 fully saturated rings. The molecule has 15 heavy (non-hydrogen) atoms. The van der Waals surface area contributed by atoms with Crippen molar-refractivity contribution in [2.75, 3.05) is 6.61 Å². The van der Waals surface area contributed by atoms with Crippen molar-refractivity contribution in [2.45, 2.75) is 19.4 Å². The Balaban J connectivity index is 2.41. The van der Waals surface area contributed by atoms with Gasteiger partial charge >= 0.3 is 0 Å². The number of nitrogens with zero attached hydrogens (tertiary/aromatic N) is 1. The van der Waals surface area contributed by atoms with Crippen molar-refractivity contribution < 1.29 is 9.23 Å². The molecule has 1 saturated heterocycles. The van der Waals surface area contributed by atoms with E-state index in [-0.39, 0.29) is 11.9 Å². The second-order valence-corrected chi connectivity index (χ2v) is 3.59. The molecule has 78 valence electrons. The first kappa shape index (κ1) is 10.1. The number of nitrogens with one attached hydrogen (secondary N) is 1. The first-order valence-corrected chi connectivity index (χ1v) is 4.80. The minimum Gasteiger partial charge on any atom is -0.301 e. The molecule has 1 unspecified atom stereocenters. The highest BCUT2D eigenvalue weighted by Crippen LogP contribution is 2.24. The van der Waals surface area contributed by atoms with E-state index in [0.29, 0.717) is 17.7 Å². The van der Waals surface area contributed by atoms with Gasteiger partial charge in [0.15, 0.2) is 0 Å². The Morgan fingerprint density at radius 2 is 2.40 bits per heavy atom. The lowest BCUT2D eigenvalue weighted by atomic mass is 9.99. The summed E-state index contributed by atoms with van der Waals surface area (Å²) in [6.07, 6.45) is 0.799. The molecular weight excluding hydrogens is 195 g/mol. The Bertz CT molecular complexity index is 419. The topological polar surface area (TPSA) is 45.0 Å². The Kier molecular flexibility index (Phi) is 2.67. The predicted octanol–water partition coefficient (Wildman–Crippen LogP) is 1.97. The second-order valence-electron chi connectivity index (χ2n) is 3.59. The van der Waals surface area contributed by atoms with E-state index in [1.165, 1.54) is 6.07 Å². The van der Waals surface area contributed by atoms with Gasteiger partial charge in [-0.15, -0.1) is 0 Å². The summed E-state index contributed by atoms with van der Waals surface area (Å²) in [6.45, 7) is 2.22. The molecule has 4 heteroatoms. The average Bonchev–Trinajstić information content (AvgIpc) is 2.75. The van der Waals surface area contributed by atoms with Crippen LogP contribution in [0.5, 0.6) is 0 Å². The Labute approximate surface area is 87.4 Å². The summed E-state index contributed by atoms with van der Waals surface area (Å²) in [4.78, 5) is 5.00. The van der Waals surface area contributed by atoms with Crippen molar-refractivity contribution in [3.8, 4) is 6.07 Å². The van der Waals surface area contributed by atoms with Crippen LogP contribution in [0.1, 0.15) is 29.2 Å². The lowest BCUT2D eigenvalue weighted by Crippen LogP contribution is -2.12. The van der Waals surface area contributed by atoms with Gasteiger partial charge in [0.1, 0.15) is 5.82 Å². The zero-order valence-electron chi connectivity index (χ0n) is 8.38. The van der Waals surface area contributed by atoms with E-state index in [4.69, 9.17) is 10.1 Å². The zero-order valence-corrected chi connectivity index (χ0v) is 8.38. The fourth-order valence-corrected chi connectivity index (χ4v) is 1.65. The van der Waals surface area contributed by atoms with Gasteiger partial charge in [-0.3, -0.25) is 0 Å². The maximum absolute atomic E-state index is 13.5. The lowest BCUT2D eigenvalue weighted by molar-refractivity contribution is 0.0882. The van der Waals surface area contributed by atoms with E-state index in [1.54, 1.807) is 13.0 Å². The average molecular weight is 206 g/mol. The summed E-state index contributed by atoms with van der Waals surface area (Å²) in [6, 6.07) is 5.16. The molecule has 2 rings (SSSR count). The van der Waals surface area contributed by atoms with Crippen LogP contribution in [0.3, 0.4) is 0 Å². The number of hydrogen-bond donors (Lipinski definition) is 1. The number of hydrogen-bond acceptors (Lipinski definition) is 3. The van der Waals surface area contributed by atoms with Crippen LogP contribution < -0.4 is 5.48 Å². The summed E-state index contributed by atoms with van der Waals surface area (Å²) in [5.41, 5.74) is 4.36. The van der Waals surface area contributed by atoms with Crippen LogP contribution in [0.15, 0.2) is 12.1 Å². The summed E-state index contributed by atoms with van der Waals surface area (Å²) >= 11 is 0. The summed E-state index contributed by atoms with van der Waals surface area (Å²) < 4.78 is 13.5. The standard InChI is InChI=1S/C11H11FN2O/c1-7-9(6-13)4-8(5-10(7)12)11-2-3-15-14-11/h4-5,11,14H,2-3H2,1H3. The van der Waals surface area contributed by atoms with Crippen molar-refractivity contribution in [1.29, 1.82) is 5.26 Å². The number of nitriles is 1. The van der Waals surface area contributed by atoms with E-state index in [0.717, 1.165) is 12.0 Å². The van der Waals surface area contributed by atoms with Crippen LogP contribution in [0.4, 0.5) is 4.39 Å². The SMILES string of the molecule is Cc1c(F)cc(C2CCON2)cc1C#N. The van der Waals surface area contributed by atoms with Crippen LogP contribution in [-0.4, -0.2) is 6.61 Å². The molecule has 1 aromatic rings. The predicted molar refractivity (Wildman–Crippen MR) is 52.3 cm³/mol. The highest BCUT2D eigenvalue weighted by molar-refractivity contribution is 5.41. The molecule has 0 amide bonds. The molecule has 1 atom stereocenters. The van der Waals surface area contributed by atoms with E-state index >= 15 is 0 Å². The number of hydroxylamine groups is 1. The molecule has 0 aliphatic carbocycles. The van der Waals surface area contributed by atoms with Gasteiger partial charge in [0.25, 0.3) is 0 Å². The normalized spacial score (nSPS) is 20.2. The van der Waals surface area contributed by atoms with Gasteiger partial charge in [0, 0.05) is 5.56 Å². The maximum atomic E-state index is 13.5. The van der Waals surface area contributed by atoms with Gasteiger partial charge in [-0.1, -0.05) is 0 Å². The van der Waals surface area contributed by atoms with E-state index in [2.05, 4.69) is 5.48 Å². The first-order valence-electron chi connectivity index (χ1n) is 4.80. The number of rotatable bonds is 1. The summed E-state index contributed by atoms with van der Waals surface area (Å²) in [7, 11) is 0. The molecule has 0 saturated carbocycles. The Hall–Kier alpha value is -1.44. The molecule has 0 radical (unpaired) electrons. The van der Waals surface area contributed by atoms with Gasteiger partial charge in [-0.25, -0.2) is 4.39 Å². The molecule has 1 N–H and O–H groups in total. The van der Waals surface area contributed by atoms with Crippen molar-refractivity contribution in [2.24, 2.45) is 0 Å². The zero-order chi connectivity index (χ0) is 10.8. The number of benzene rings is 1. The minimum atomic E-state index is -0.335. The number of halogens is 1. The van der Waals surface area contributed by atoms with Crippen LogP contribution in [-0.2, 0) is 4.84 Å². The van der Waals surface area contributed by atoms with Gasteiger partial charge in [-0.05, 0) is 31.0 Å². The fraction of sp³-hybridized carbons (Fsp3) is 0.364. The molecule has 3 nitrogen and oxygen atoms in total. The van der Waals surface area contributed by atoms with E-state index in [1.807, 2.05) is 6.07 Å². The molecule has 1 heterocycles. The molecule has 0 spiro atoms. The van der Waals surface area contributed by atoms with Crippen molar-refractivity contribution in [3.63, 3.8) is 0 Å². The molecule has 1 aromatic carbocycles. The van der Waals surface area contributed by atoms with Crippen molar-refractivity contribution in [3.05, 3.63) is 34.6 Å². The minimum absolute atomic E-state index is 0.00722. The third-order valence-corrected chi connectivity index (χ3v) is 2.62. The van der Waals surface area contributed by atoms with E-state index in [9.17, 15) is 4.39 Å². The highest BCUT2D eigenvalue weighted by atomic mass is 19.1. The van der Waals surface area contributed by atoms with Crippen LogP contribution in [0.25, 0.3) is 0 Å². The van der Waals surface area contributed by atoms with Gasteiger partial charge in [0.2, 0.25) is 0 Å². The van der Waals surface area contributed by atoms with Crippen molar-refractivity contribution >= 4 is 0 Å². The quantitative estimate of drug-likeness (QED) is 0.764. The van der Waals surface area contributed by atoms with Crippen LogP contribution in [0, 0.1) is 24.1 Å². The van der Waals surface area contributed by atoms with Crippen LogP contribution >= 0.6 is 0 Å². The van der Waals surface area contributed by atoms with Crippen molar-refractivity contribution in [1.82, 2.24) is 5.48 Å². The first-order chi connectivity index (χ1) is 7.22. The molecule has 1 aliphatic heterocycles. The largest absolute Gasteiger partial charge is 0.301 e. The Morgan fingerprint density at radius 1 is 1.60 bits per heavy atom. The smallest absolute Gasteiger partial charge is 0.127 e. The third-order valence-electron chi connectivity index (χ3n) is 2.62. The molecule has 0 bridgehead atoms. The van der Waals surface area contributed by atoms with Gasteiger partial charge in [0.05, 0.1) is 24.3 Å². The monoisotopic (exact) mass is 206 g/mol. The van der Waals surface area contributed by atoms with Gasteiger partial charge < -0.3 is 4.84 Å². The van der Waals surface area contributed by atoms with Crippen LogP contribution in [0.2, 0.25) is 0 Å². The molecule has 1 aliphatic rings. The maximum Gasteiger partial charge on any atom is 0.127 e. The summed E-state index contributed by atoms with van der Waals surface area (Å²) in [5.74, 6) is -0.335. The third kappa shape index (κ3) is 1.84. The molecule has 0 aromatic heterocycles. The molecular formula is C11H11FN2O. The van der Waals surface area contributed by atoms with Gasteiger partial charge in [-0.2, -0.15) is 10.7 Å². The second kappa shape index (κ2) is 3.97. The fourth-order valence-electron chi connectivity index (χ4n) is 1.65. The summed E-state index contributed by atoms with van der Waals surface area (Å²) in [5, 5.41) is 8.84. The van der Waals surface area contributed by atoms with E-state index < -0.39 is 0 Å². The lowest BCUT2D eigenvalue weighted by Gasteiger charge is -2.10. The highest BCUT2D eigenvalue weighted by Gasteiger charge is 2.19. The Morgan fingerprint density at radius 3 is 3.00 bits per heavy atom.